The summed E-state index contributed by atoms with van der Waals surface area (Å²) in [6.07, 6.45) is 2.67. The molecule has 0 spiro atoms. The van der Waals surface area contributed by atoms with Crippen LogP contribution in [0.3, 0.4) is 0 Å². The lowest BCUT2D eigenvalue weighted by molar-refractivity contribution is 0.604. The topological polar surface area (TPSA) is 63.8 Å². The third kappa shape index (κ3) is 2.35. The fraction of sp³-hybridized carbons (Fsp3) is 0.250. The standard InChI is InChI=1S/C16H18N4/c1-18-10-8-13(17)14-7-6-12-5-4-11-3-2-9-19-15(11)16(12)20-14/h2-7,9,13,18H,8,10,17H2,1H3. The van der Waals surface area contributed by atoms with Gasteiger partial charge in [0.05, 0.1) is 16.7 Å². The molecule has 0 amide bonds. The fourth-order valence-electron chi connectivity index (χ4n) is 2.39. The molecule has 0 bridgehead atoms. The van der Waals surface area contributed by atoms with Crippen molar-refractivity contribution >= 4 is 21.8 Å². The molecule has 1 atom stereocenters. The van der Waals surface area contributed by atoms with Crippen LogP contribution in [0.25, 0.3) is 21.8 Å². The first-order valence-corrected chi connectivity index (χ1v) is 6.84. The SMILES string of the molecule is CNCCC(N)c1ccc2ccc3cccnc3c2n1. The minimum atomic E-state index is -0.0502. The van der Waals surface area contributed by atoms with E-state index in [1.165, 1.54) is 0 Å². The van der Waals surface area contributed by atoms with E-state index in [-0.39, 0.29) is 6.04 Å². The molecule has 0 radical (unpaired) electrons. The Hall–Kier alpha value is -2.04. The van der Waals surface area contributed by atoms with Crippen LogP contribution in [0.1, 0.15) is 18.2 Å². The van der Waals surface area contributed by atoms with Crippen LogP contribution < -0.4 is 11.1 Å². The van der Waals surface area contributed by atoms with Crippen LogP contribution in [0.4, 0.5) is 0 Å². The summed E-state index contributed by atoms with van der Waals surface area (Å²) in [7, 11) is 1.93. The molecule has 4 heteroatoms. The predicted octanol–water partition coefficient (Wildman–Crippen LogP) is 2.39. The van der Waals surface area contributed by atoms with Crippen molar-refractivity contribution in [3.63, 3.8) is 0 Å². The van der Waals surface area contributed by atoms with Crippen LogP contribution in [0, 0.1) is 0 Å². The minimum Gasteiger partial charge on any atom is -0.323 e. The highest BCUT2D eigenvalue weighted by molar-refractivity contribution is 6.02. The van der Waals surface area contributed by atoms with Crippen LogP contribution in [-0.2, 0) is 0 Å². The number of rotatable bonds is 4. The summed E-state index contributed by atoms with van der Waals surface area (Å²) in [5.41, 5.74) is 8.98. The van der Waals surface area contributed by atoms with Gasteiger partial charge in [0.25, 0.3) is 0 Å². The van der Waals surface area contributed by atoms with E-state index in [1.807, 2.05) is 19.2 Å². The second-order valence-electron chi connectivity index (χ2n) is 4.95. The second kappa shape index (κ2) is 5.53. The molecule has 0 saturated carbocycles. The minimum absolute atomic E-state index is 0.0502. The Labute approximate surface area is 118 Å². The van der Waals surface area contributed by atoms with E-state index in [9.17, 15) is 0 Å². The van der Waals surface area contributed by atoms with E-state index in [4.69, 9.17) is 10.7 Å². The van der Waals surface area contributed by atoms with Gasteiger partial charge in [-0.15, -0.1) is 0 Å². The quantitative estimate of drug-likeness (QED) is 0.712. The summed E-state index contributed by atoms with van der Waals surface area (Å²) in [4.78, 5) is 9.20. The summed E-state index contributed by atoms with van der Waals surface area (Å²) < 4.78 is 0. The molecule has 3 aromatic rings. The van der Waals surface area contributed by atoms with Gasteiger partial charge in [0.2, 0.25) is 0 Å². The Balaban J connectivity index is 2.11. The molecular formula is C16H18N4. The van der Waals surface area contributed by atoms with Crippen LogP contribution in [0.15, 0.2) is 42.6 Å². The zero-order valence-corrected chi connectivity index (χ0v) is 11.5. The van der Waals surface area contributed by atoms with Crippen molar-refractivity contribution in [2.75, 3.05) is 13.6 Å². The molecule has 0 aliphatic rings. The van der Waals surface area contributed by atoms with Gasteiger partial charge in [0.1, 0.15) is 0 Å². The molecule has 2 aromatic heterocycles. The summed E-state index contributed by atoms with van der Waals surface area (Å²) in [5.74, 6) is 0. The average Bonchev–Trinajstić information content (AvgIpc) is 2.52. The molecule has 1 aromatic carbocycles. The summed E-state index contributed by atoms with van der Waals surface area (Å²) in [6, 6.07) is 12.2. The highest BCUT2D eigenvalue weighted by atomic mass is 14.8. The van der Waals surface area contributed by atoms with Crippen molar-refractivity contribution in [2.24, 2.45) is 5.73 Å². The van der Waals surface area contributed by atoms with Crippen molar-refractivity contribution in [1.29, 1.82) is 0 Å². The molecule has 0 aliphatic heterocycles. The third-order valence-corrected chi connectivity index (χ3v) is 3.54. The van der Waals surface area contributed by atoms with E-state index in [0.717, 1.165) is 40.5 Å². The molecule has 102 valence electrons. The number of nitrogens with zero attached hydrogens (tertiary/aromatic N) is 2. The van der Waals surface area contributed by atoms with Crippen molar-refractivity contribution in [3.05, 3.63) is 48.3 Å². The summed E-state index contributed by atoms with van der Waals surface area (Å²) in [6.45, 7) is 0.884. The van der Waals surface area contributed by atoms with Gasteiger partial charge in [0.15, 0.2) is 0 Å². The molecule has 1 unspecified atom stereocenters. The van der Waals surface area contributed by atoms with Gasteiger partial charge in [-0.3, -0.25) is 4.98 Å². The zero-order valence-electron chi connectivity index (χ0n) is 11.5. The maximum absolute atomic E-state index is 6.19. The van der Waals surface area contributed by atoms with Crippen LogP contribution in [-0.4, -0.2) is 23.6 Å². The average molecular weight is 266 g/mol. The molecule has 0 saturated heterocycles. The van der Waals surface area contributed by atoms with E-state index >= 15 is 0 Å². The molecular weight excluding hydrogens is 248 g/mol. The van der Waals surface area contributed by atoms with Crippen molar-refractivity contribution in [2.45, 2.75) is 12.5 Å². The highest BCUT2D eigenvalue weighted by Gasteiger charge is 2.09. The lowest BCUT2D eigenvalue weighted by Gasteiger charge is -2.12. The zero-order chi connectivity index (χ0) is 13.9. The molecule has 0 aliphatic carbocycles. The maximum atomic E-state index is 6.19. The van der Waals surface area contributed by atoms with E-state index < -0.39 is 0 Å². The molecule has 4 nitrogen and oxygen atoms in total. The number of aromatic nitrogens is 2. The monoisotopic (exact) mass is 266 g/mol. The van der Waals surface area contributed by atoms with Crippen molar-refractivity contribution < 1.29 is 0 Å². The van der Waals surface area contributed by atoms with E-state index in [0.29, 0.717) is 0 Å². The fourth-order valence-corrected chi connectivity index (χ4v) is 2.39. The van der Waals surface area contributed by atoms with Crippen LogP contribution in [0.2, 0.25) is 0 Å². The first kappa shape index (κ1) is 13.0. The number of nitrogens with one attached hydrogen (secondary N) is 1. The summed E-state index contributed by atoms with van der Waals surface area (Å²) >= 11 is 0. The lowest BCUT2D eigenvalue weighted by Crippen LogP contribution is -2.18. The summed E-state index contributed by atoms with van der Waals surface area (Å²) in [5, 5.41) is 5.32. The Kier molecular flexibility index (Phi) is 3.58. The van der Waals surface area contributed by atoms with Gasteiger partial charge in [-0.25, -0.2) is 4.98 Å². The number of fused-ring (bicyclic) bond motifs is 3. The Morgan fingerprint density at radius 3 is 2.65 bits per heavy atom. The van der Waals surface area contributed by atoms with Gasteiger partial charge in [-0.05, 0) is 32.1 Å². The highest BCUT2D eigenvalue weighted by Crippen LogP contribution is 2.23. The normalized spacial score (nSPS) is 12.9. The maximum Gasteiger partial charge on any atom is 0.0968 e. The third-order valence-electron chi connectivity index (χ3n) is 3.54. The molecule has 3 N–H and O–H groups in total. The first-order valence-electron chi connectivity index (χ1n) is 6.84. The number of pyridine rings is 2. The molecule has 0 fully saturated rings. The largest absolute Gasteiger partial charge is 0.323 e. The number of benzene rings is 1. The van der Waals surface area contributed by atoms with Gasteiger partial charge in [0, 0.05) is 23.0 Å². The molecule has 3 rings (SSSR count). The molecule has 2 heterocycles. The number of nitrogens with two attached hydrogens (primary N) is 1. The number of hydrogen-bond acceptors (Lipinski definition) is 4. The van der Waals surface area contributed by atoms with Gasteiger partial charge < -0.3 is 11.1 Å². The van der Waals surface area contributed by atoms with Crippen LogP contribution in [0.5, 0.6) is 0 Å². The van der Waals surface area contributed by atoms with Crippen molar-refractivity contribution in [3.8, 4) is 0 Å². The predicted molar refractivity (Wildman–Crippen MR) is 82.5 cm³/mol. The van der Waals surface area contributed by atoms with E-state index in [1.54, 1.807) is 6.20 Å². The van der Waals surface area contributed by atoms with Gasteiger partial charge >= 0.3 is 0 Å². The number of hydrogen-bond donors (Lipinski definition) is 2. The van der Waals surface area contributed by atoms with Gasteiger partial charge in [-0.2, -0.15) is 0 Å². The Morgan fingerprint density at radius 2 is 1.85 bits per heavy atom. The Bertz CT molecular complexity index is 739. The first-order chi connectivity index (χ1) is 9.79. The Morgan fingerprint density at radius 1 is 1.10 bits per heavy atom. The second-order valence-corrected chi connectivity index (χ2v) is 4.95. The van der Waals surface area contributed by atoms with Gasteiger partial charge in [-0.1, -0.05) is 24.3 Å². The van der Waals surface area contributed by atoms with Crippen LogP contribution >= 0.6 is 0 Å². The lowest BCUT2D eigenvalue weighted by atomic mass is 10.1. The van der Waals surface area contributed by atoms with Crippen molar-refractivity contribution in [1.82, 2.24) is 15.3 Å². The van der Waals surface area contributed by atoms with E-state index in [2.05, 4.69) is 34.6 Å². The smallest absolute Gasteiger partial charge is 0.0968 e. The molecule has 20 heavy (non-hydrogen) atoms.